The molecule has 1 unspecified atom stereocenters. The van der Waals surface area contributed by atoms with E-state index in [0.717, 1.165) is 31.6 Å². The fourth-order valence-electron chi connectivity index (χ4n) is 4.57. The van der Waals surface area contributed by atoms with Gasteiger partial charge in [0, 0.05) is 51.6 Å². The molecule has 2 fully saturated rings. The van der Waals surface area contributed by atoms with Crippen molar-refractivity contribution in [3.05, 3.63) is 30.3 Å². The third-order valence-electron chi connectivity index (χ3n) is 6.45. The van der Waals surface area contributed by atoms with Gasteiger partial charge in [0.2, 0.25) is 5.91 Å². The summed E-state index contributed by atoms with van der Waals surface area (Å²) in [6, 6.07) is 9.70. The number of amides is 3. The largest absolute Gasteiger partial charge is 0.494 e. The molecule has 1 atom stereocenters. The lowest BCUT2D eigenvalue weighted by atomic mass is 9.77. The van der Waals surface area contributed by atoms with Crippen LogP contribution in [0.5, 0.6) is 5.75 Å². The number of aliphatic hydroxyl groups is 1. The van der Waals surface area contributed by atoms with E-state index >= 15 is 0 Å². The zero-order valence-corrected chi connectivity index (χ0v) is 18.3. The molecular weight excluding hydrogens is 382 g/mol. The molecule has 30 heavy (non-hydrogen) atoms. The van der Waals surface area contributed by atoms with Crippen molar-refractivity contribution in [2.24, 2.45) is 11.3 Å². The SMILES string of the molecule is CN(C)C(=O)N1CCC(C(=O)N2CCCC(CO)(CCOc3ccccc3)C2)CC1. The van der Waals surface area contributed by atoms with E-state index in [4.69, 9.17) is 4.74 Å². The summed E-state index contributed by atoms with van der Waals surface area (Å²) in [6.07, 6.45) is 3.94. The van der Waals surface area contributed by atoms with E-state index in [1.165, 1.54) is 0 Å². The third-order valence-corrected chi connectivity index (χ3v) is 6.45. The van der Waals surface area contributed by atoms with Gasteiger partial charge in [-0.05, 0) is 44.2 Å². The summed E-state index contributed by atoms with van der Waals surface area (Å²) in [6.45, 7) is 3.16. The van der Waals surface area contributed by atoms with E-state index in [1.807, 2.05) is 40.1 Å². The molecule has 0 spiro atoms. The third kappa shape index (κ3) is 5.45. The maximum Gasteiger partial charge on any atom is 0.319 e. The van der Waals surface area contributed by atoms with Gasteiger partial charge >= 0.3 is 6.03 Å². The second-order valence-corrected chi connectivity index (χ2v) is 8.87. The molecule has 166 valence electrons. The lowest BCUT2D eigenvalue weighted by molar-refractivity contribution is -0.141. The van der Waals surface area contributed by atoms with Gasteiger partial charge in [-0.15, -0.1) is 0 Å². The maximum absolute atomic E-state index is 13.2. The van der Waals surface area contributed by atoms with Crippen LogP contribution in [-0.2, 0) is 4.79 Å². The summed E-state index contributed by atoms with van der Waals surface area (Å²) < 4.78 is 5.85. The molecule has 2 aliphatic rings. The van der Waals surface area contributed by atoms with Gasteiger partial charge in [0.15, 0.2) is 0 Å². The van der Waals surface area contributed by atoms with Gasteiger partial charge in [-0.3, -0.25) is 4.79 Å². The van der Waals surface area contributed by atoms with E-state index in [-0.39, 0.29) is 29.9 Å². The molecule has 2 aliphatic heterocycles. The van der Waals surface area contributed by atoms with Crippen molar-refractivity contribution in [2.45, 2.75) is 32.1 Å². The fourth-order valence-corrected chi connectivity index (χ4v) is 4.57. The van der Waals surface area contributed by atoms with Gasteiger partial charge in [-0.1, -0.05) is 18.2 Å². The van der Waals surface area contributed by atoms with E-state index in [9.17, 15) is 14.7 Å². The molecule has 1 aromatic rings. The van der Waals surface area contributed by atoms with Crippen molar-refractivity contribution in [1.29, 1.82) is 0 Å². The topological polar surface area (TPSA) is 73.3 Å². The van der Waals surface area contributed by atoms with Crippen LogP contribution < -0.4 is 4.74 Å². The van der Waals surface area contributed by atoms with Gasteiger partial charge in [0.1, 0.15) is 5.75 Å². The highest BCUT2D eigenvalue weighted by atomic mass is 16.5. The number of hydrogen-bond acceptors (Lipinski definition) is 4. The second-order valence-electron chi connectivity index (χ2n) is 8.87. The van der Waals surface area contributed by atoms with E-state index in [0.29, 0.717) is 39.1 Å². The van der Waals surface area contributed by atoms with Crippen LogP contribution in [-0.4, -0.2) is 85.2 Å². The Labute approximate surface area is 179 Å². The number of aliphatic hydroxyl groups excluding tert-OH is 1. The summed E-state index contributed by atoms with van der Waals surface area (Å²) in [5.74, 6) is 0.966. The highest BCUT2D eigenvalue weighted by molar-refractivity contribution is 5.80. The lowest BCUT2D eigenvalue weighted by Crippen LogP contribution is -2.52. The summed E-state index contributed by atoms with van der Waals surface area (Å²) >= 11 is 0. The number of carbonyl (C=O) groups excluding carboxylic acids is 2. The van der Waals surface area contributed by atoms with Crippen molar-refractivity contribution in [3.63, 3.8) is 0 Å². The molecule has 7 heteroatoms. The molecule has 0 aliphatic carbocycles. The number of urea groups is 1. The molecule has 0 radical (unpaired) electrons. The standard InChI is InChI=1S/C23H35N3O4/c1-24(2)22(29)25-14-9-19(10-15-25)21(28)26-13-6-11-23(17-26,18-27)12-16-30-20-7-4-3-5-8-20/h3-5,7-8,19,27H,6,9-18H2,1-2H3. The summed E-state index contributed by atoms with van der Waals surface area (Å²) in [5.41, 5.74) is -0.301. The van der Waals surface area contributed by atoms with Crippen LogP contribution in [0.2, 0.25) is 0 Å². The van der Waals surface area contributed by atoms with Crippen molar-refractivity contribution < 1.29 is 19.4 Å². The normalized spacial score (nSPS) is 22.6. The molecule has 7 nitrogen and oxygen atoms in total. The minimum atomic E-state index is -0.301. The van der Waals surface area contributed by atoms with Crippen molar-refractivity contribution in [2.75, 3.05) is 53.5 Å². The first-order valence-electron chi connectivity index (χ1n) is 11.0. The average Bonchev–Trinajstić information content (AvgIpc) is 2.79. The molecule has 1 N–H and O–H groups in total. The molecule has 2 saturated heterocycles. The number of carbonyl (C=O) groups is 2. The summed E-state index contributed by atoms with van der Waals surface area (Å²) in [4.78, 5) is 30.6. The maximum atomic E-state index is 13.2. The summed E-state index contributed by atoms with van der Waals surface area (Å²) in [5, 5.41) is 10.2. The molecule has 0 bridgehead atoms. The first kappa shape index (κ1) is 22.4. The Kier molecular flexibility index (Phi) is 7.58. The van der Waals surface area contributed by atoms with Crippen LogP contribution >= 0.6 is 0 Å². The molecular formula is C23H35N3O4. The van der Waals surface area contributed by atoms with Crippen molar-refractivity contribution in [3.8, 4) is 5.75 Å². The monoisotopic (exact) mass is 417 g/mol. The van der Waals surface area contributed by atoms with Gasteiger partial charge in [0.05, 0.1) is 13.2 Å². The first-order valence-corrected chi connectivity index (χ1v) is 11.0. The molecule has 2 heterocycles. The van der Waals surface area contributed by atoms with Crippen LogP contribution in [0.4, 0.5) is 4.79 Å². The number of likely N-dealkylation sites (tertiary alicyclic amines) is 2. The smallest absolute Gasteiger partial charge is 0.319 e. The Bertz CT molecular complexity index is 704. The van der Waals surface area contributed by atoms with Gasteiger partial charge in [0.25, 0.3) is 0 Å². The van der Waals surface area contributed by atoms with E-state index in [2.05, 4.69) is 0 Å². The lowest BCUT2D eigenvalue weighted by Gasteiger charge is -2.43. The predicted molar refractivity (Wildman–Crippen MR) is 115 cm³/mol. The number of piperidine rings is 2. The first-order chi connectivity index (χ1) is 14.4. The molecule has 0 aromatic heterocycles. The zero-order chi connectivity index (χ0) is 21.6. The molecule has 1 aromatic carbocycles. The molecule has 3 amide bonds. The van der Waals surface area contributed by atoms with Crippen LogP contribution in [0.15, 0.2) is 30.3 Å². The number of ether oxygens (including phenoxy) is 1. The number of nitrogens with zero attached hydrogens (tertiary/aromatic N) is 3. The average molecular weight is 418 g/mol. The Hall–Kier alpha value is -2.28. The molecule has 0 saturated carbocycles. The predicted octanol–water partition coefficient (Wildman–Crippen LogP) is 2.45. The zero-order valence-electron chi connectivity index (χ0n) is 18.3. The van der Waals surface area contributed by atoms with E-state index in [1.54, 1.807) is 19.0 Å². The van der Waals surface area contributed by atoms with Crippen LogP contribution in [0.25, 0.3) is 0 Å². The highest BCUT2D eigenvalue weighted by Crippen LogP contribution is 2.35. The van der Waals surface area contributed by atoms with Gasteiger partial charge < -0.3 is 24.5 Å². The number of rotatable bonds is 6. The minimum absolute atomic E-state index is 0.0107. The second kappa shape index (κ2) is 10.2. The Morgan fingerprint density at radius 2 is 1.83 bits per heavy atom. The van der Waals surface area contributed by atoms with Gasteiger partial charge in [-0.25, -0.2) is 4.79 Å². The molecule has 3 rings (SSSR count). The Morgan fingerprint density at radius 1 is 1.13 bits per heavy atom. The number of hydrogen-bond donors (Lipinski definition) is 1. The quantitative estimate of drug-likeness (QED) is 0.772. The van der Waals surface area contributed by atoms with Crippen LogP contribution in [0.1, 0.15) is 32.1 Å². The van der Waals surface area contributed by atoms with Gasteiger partial charge in [-0.2, -0.15) is 0 Å². The Balaban J connectivity index is 1.52. The number of benzene rings is 1. The highest BCUT2D eigenvalue weighted by Gasteiger charge is 2.39. The van der Waals surface area contributed by atoms with Crippen LogP contribution in [0, 0.1) is 11.3 Å². The van der Waals surface area contributed by atoms with Crippen molar-refractivity contribution >= 4 is 11.9 Å². The minimum Gasteiger partial charge on any atom is -0.494 e. The van der Waals surface area contributed by atoms with Crippen molar-refractivity contribution in [1.82, 2.24) is 14.7 Å². The van der Waals surface area contributed by atoms with E-state index < -0.39 is 0 Å². The Morgan fingerprint density at radius 3 is 2.47 bits per heavy atom. The fraction of sp³-hybridized carbons (Fsp3) is 0.652. The summed E-state index contributed by atoms with van der Waals surface area (Å²) in [7, 11) is 3.51. The number of para-hydroxylation sites is 1. The van der Waals surface area contributed by atoms with Crippen LogP contribution in [0.3, 0.4) is 0 Å².